The first-order valence-corrected chi connectivity index (χ1v) is 9.54. The van der Waals surface area contributed by atoms with E-state index in [1.54, 1.807) is 13.8 Å². The molecule has 0 atom stereocenters. The predicted molar refractivity (Wildman–Crippen MR) is 103 cm³/mol. The Labute approximate surface area is 187 Å². The van der Waals surface area contributed by atoms with Crippen molar-refractivity contribution in [2.75, 3.05) is 0 Å². The van der Waals surface area contributed by atoms with Crippen LogP contribution >= 0.6 is 11.6 Å². The molecule has 33 heavy (non-hydrogen) atoms. The lowest BCUT2D eigenvalue weighted by Gasteiger charge is -2.32. The Kier molecular flexibility index (Phi) is 6.42. The van der Waals surface area contributed by atoms with Gasteiger partial charge in [-0.15, -0.1) is 0 Å². The van der Waals surface area contributed by atoms with Crippen molar-refractivity contribution in [1.82, 2.24) is 4.98 Å². The standard InChI is InChI=1S/C21H15ClF7NO3/c1-10-7-12(3-5-15(10)23)18-30-16(11(2)33-18)9-32-17-6-4-13(8-14(17)22)19(31,20(24,25)26)21(27,28)29/h3-8,31H,9H2,1-2H3. The van der Waals surface area contributed by atoms with E-state index in [4.69, 9.17) is 20.8 Å². The lowest BCUT2D eigenvalue weighted by Crippen LogP contribution is -2.53. The number of oxazole rings is 1. The molecule has 0 aliphatic heterocycles. The van der Waals surface area contributed by atoms with Gasteiger partial charge in [-0.1, -0.05) is 17.7 Å². The molecule has 3 rings (SSSR count). The average Bonchev–Trinajstić information content (AvgIpc) is 3.07. The summed E-state index contributed by atoms with van der Waals surface area (Å²) in [5.41, 5.74) is -5.48. The maximum Gasteiger partial charge on any atom is 0.430 e. The van der Waals surface area contributed by atoms with Gasteiger partial charge in [0.2, 0.25) is 5.89 Å². The zero-order valence-electron chi connectivity index (χ0n) is 16.9. The fourth-order valence-corrected chi connectivity index (χ4v) is 3.18. The van der Waals surface area contributed by atoms with Crippen molar-refractivity contribution in [3.05, 3.63) is 69.8 Å². The number of nitrogens with zero attached hydrogens (tertiary/aromatic N) is 1. The Hall–Kier alpha value is -2.79. The highest BCUT2D eigenvalue weighted by Gasteiger charge is 2.71. The molecule has 1 heterocycles. The molecule has 0 unspecified atom stereocenters. The summed E-state index contributed by atoms with van der Waals surface area (Å²) in [6.07, 6.45) is -12.1. The number of rotatable bonds is 5. The van der Waals surface area contributed by atoms with Crippen molar-refractivity contribution in [3.63, 3.8) is 0 Å². The lowest BCUT2D eigenvalue weighted by molar-refractivity contribution is -0.376. The van der Waals surface area contributed by atoms with E-state index in [2.05, 4.69) is 4.98 Å². The quantitative estimate of drug-likeness (QED) is 0.401. The first kappa shape index (κ1) is 24.8. The molecule has 0 spiro atoms. The topological polar surface area (TPSA) is 55.5 Å². The third-order valence-corrected chi connectivity index (χ3v) is 5.13. The highest BCUT2D eigenvalue weighted by atomic mass is 35.5. The second kappa shape index (κ2) is 8.53. The van der Waals surface area contributed by atoms with Crippen LogP contribution in [0.2, 0.25) is 5.02 Å². The van der Waals surface area contributed by atoms with Gasteiger partial charge in [0.15, 0.2) is 0 Å². The average molecular weight is 498 g/mol. The normalized spacial score (nSPS) is 12.8. The molecule has 0 aliphatic carbocycles. The van der Waals surface area contributed by atoms with E-state index in [9.17, 15) is 35.8 Å². The van der Waals surface area contributed by atoms with Crippen LogP contribution in [0.1, 0.15) is 22.6 Å². The highest BCUT2D eigenvalue weighted by molar-refractivity contribution is 6.32. The van der Waals surface area contributed by atoms with E-state index in [1.165, 1.54) is 18.2 Å². The number of aliphatic hydroxyl groups is 1. The molecule has 178 valence electrons. The first-order chi connectivity index (χ1) is 15.1. The molecule has 12 heteroatoms. The van der Waals surface area contributed by atoms with E-state index < -0.39 is 34.4 Å². The van der Waals surface area contributed by atoms with Crippen LogP contribution in [0.5, 0.6) is 5.75 Å². The summed E-state index contributed by atoms with van der Waals surface area (Å²) in [5, 5.41) is 8.88. The molecule has 0 aliphatic rings. The minimum atomic E-state index is -6.04. The molecule has 3 aromatic rings. The third-order valence-electron chi connectivity index (χ3n) is 4.83. The maximum absolute atomic E-state index is 13.5. The van der Waals surface area contributed by atoms with E-state index in [0.717, 1.165) is 6.07 Å². The summed E-state index contributed by atoms with van der Waals surface area (Å²) < 4.78 is 103. The number of aryl methyl sites for hydroxylation is 2. The number of halogens is 8. The molecule has 0 saturated carbocycles. The van der Waals surface area contributed by atoms with Gasteiger partial charge in [0, 0.05) is 11.1 Å². The molecular formula is C21H15ClF7NO3. The van der Waals surface area contributed by atoms with Crippen LogP contribution in [-0.4, -0.2) is 22.4 Å². The zero-order valence-corrected chi connectivity index (χ0v) is 17.7. The minimum absolute atomic E-state index is 0.163. The summed E-state index contributed by atoms with van der Waals surface area (Å²) in [5.74, 6) is -0.167. The molecule has 0 amide bonds. The number of alkyl halides is 6. The van der Waals surface area contributed by atoms with Gasteiger partial charge in [-0.3, -0.25) is 0 Å². The molecule has 1 aromatic heterocycles. The van der Waals surface area contributed by atoms with Gasteiger partial charge in [-0.05, 0) is 49.7 Å². The van der Waals surface area contributed by atoms with Crippen LogP contribution in [0, 0.1) is 19.7 Å². The van der Waals surface area contributed by atoms with Crippen molar-refractivity contribution in [2.24, 2.45) is 0 Å². The Morgan fingerprint density at radius 2 is 1.64 bits per heavy atom. The SMILES string of the molecule is Cc1cc(-c2nc(COc3ccc(C(O)(C(F)(F)F)C(F)(F)F)cc3Cl)c(C)o2)ccc1F. The van der Waals surface area contributed by atoms with Gasteiger partial charge >= 0.3 is 12.4 Å². The van der Waals surface area contributed by atoms with Gasteiger partial charge < -0.3 is 14.3 Å². The van der Waals surface area contributed by atoms with Crippen molar-refractivity contribution in [3.8, 4) is 17.2 Å². The fourth-order valence-electron chi connectivity index (χ4n) is 2.94. The molecule has 1 N–H and O–H groups in total. The minimum Gasteiger partial charge on any atom is -0.486 e. The summed E-state index contributed by atoms with van der Waals surface area (Å²) in [4.78, 5) is 4.22. The highest BCUT2D eigenvalue weighted by Crippen LogP contribution is 2.50. The van der Waals surface area contributed by atoms with E-state index in [0.29, 0.717) is 29.0 Å². The molecule has 0 bridgehead atoms. The van der Waals surface area contributed by atoms with E-state index >= 15 is 0 Å². The molecule has 0 radical (unpaired) electrons. The summed E-state index contributed by atoms with van der Waals surface area (Å²) in [7, 11) is 0. The van der Waals surface area contributed by atoms with Crippen LogP contribution in [0.15, 0.2) is 40.8 Å². The van der Waals surface area contributed by atoms with Crippen LogP contribution in [-0.2, 0) is 12.2 Å². The lowest BCUT2D eigenvalue weighted by atomic mass is 9.92. The van der Waals surface area contributed by atoms with Crippen molar-refractivity contribution in [1.29, 1.82) is 0 Å². The van der Waals surface area contributed by atoms with Crippen LogP contribution in [0.3, 0.4) is 0 Å². The summed E-state index contributed by atoms with van der Waals surface area (Å²) >= 11 is 5.82. The van der Waals surface area contributed by atoms with E-state index in [1.807, 2.05) is 0 Å². The molecular weight excluding hydrogens is 483 g/mol. The van der Waals surface area contributed by atoms with Crippen LogP contribution in [0.4, 0.5) is 30.7 Å². The monoisotopic (exact) mass is 497 g/mol. The number of aromatic nitrogens is 1. The van der Waals surface area contributed by atoms with Gasteiger partial charge in [-0.25, -0.2) is 9.37 Å². The number of hydrogen-bond donors (Lipinski definition) is 1. The Morgan fingerprint density at radius 1 is 1.00 bits per heavy atom. The van der Waals surface area contributed by atoms with Crippen molar-refractivity contribution >= 4 is 11.6 Å². The second-order valence-electron chi connectivity index (χ2n) is 7.13. The number of benzene rings is 2. The predicted octanol–water partition coefficient (Wildman–Crippen LogP) is 6.64. The van der Waals surface area contributed by atoms with E-state index in [-0.39, 0.29) is 23.9 Å². The summed E-state index contributed by atoms with van der Waals surface area (Å²) in [6, 6.07) is 5.74. The van der Waals surface area contributed by atoms with Crippen molar-refractivity contribution in [2.45, 2.75) is 38.4 Å². The first-order valence-electron chi connectivity index (χ1n) is 9.16. The molecule has 0 saturated heterocycles. The van der Waals surface area contributed by atoms with Crippen molar-refractivity contribution < 1.29 is 45.0 Å². The second-order valence-corrected chi connectivity index (χ2v) is 7.53. The smallest absolute Gasteiger partial charge is 0.430 e. The number of hydrogen-bond acceptors (Lipinski definition) is 4. The third kappa shape index (κ3) is 4.65. The molecule has 2 aromatic carbocycles. The maximum atomic E-state index is 13.5. The Bertz CT molecular complexity index is 1160. The largest absolute Gasteiger partial charge is 0.486 e. The Balaban J connectivity index is 1.83. The van der Waals surface area contributed by atoms with Gasteiger partial charge in [0.25, 0.3) is 5.60 Å². The van der Waals surface area contributed by atoms with Crippen LogP contribution < -0.4 is 4.74 Å². The van der Waals surface area contributed by atoms with Gasteiger partial charge in [0.05, 0.1) is 5.02 Å². The van der Waals surface area contributed by atoms with Gasteiger partial charge in [-0.2, -0.15) is 26.3 Å². The molecule has 4 nitrogen and oxygen atoms in total. The summed E-state index contributed by atoms with van der Waals surface area (Å²) in [6.45, 7) is 2.84. The molecule has 0 fully saturated rings. The zero-order chi connectivity index (χ0) is 24.8. The number of ether oxygens (including phenoxy) is 1. The Morgan fingerprint density at radius 3 is 2.18 bits per heavy atom. The van der Waals surface area contributed by atoms with Crippen LogP contribution in [0.25, 0.3) is 11.5 Å². The van der Waals surface area contributed by atoms with Gasteiger partial charge in [0.1, 0.15) is 29.6 Å². The fraction of sp³-hybridized carbons (Fsp3) is 0.286.